The van der Waals surface area contributed by atoms with Crippen LogP contribution in [0.5, 0.6) is 0 Å². The average molecular weight is 723 g/mol. The maximum atomic E-state index is 12.7. The van der Waals surface area contributed by atoms with E-state index in [0.29, 0.717) is 19.3 Å². The molecule has 51 heavy (non-hydrogen) atoms. The Morgan fingerprint density at radius 2 is 0.529 bits per heavy atom. The monoisotopic (exact) mass is 723 g/mol. The van der Waals surface area contributed by atoms with Crippen LogP contribution in [0.25, 0.3) is 0 Å². The lowest BCUT2D eigenvalue weighted by molar-refractivity contribution is -0.167. The summed E-state index contributed by atoms with van der Waals surface area (Å²) in [6.45, 7) is 6.61. The molecule has 0 rings (SSSR count). The van der Waals surface area contributed by atoms with E-state index in [1.165, 1.54) is 154 Å². The van der Waals surface area contributed by atoms with Gasteiger partial charge in [0.2, 0.25) is 0 Å². The molecule has 0 aromatic carbocycles. The molecule has 6 nitrogen and oxygen atoms in total. The van der Waals surface area contributed by atoms with Gasteiger partial charge in [0.25, 0.3) is 0 Å². The van der Waals surface area contributed by atoms with Crippen LogP contribution in [0.1, 0.15) is 252 Å². The van der Waals surface area contributed by atoms with Crippen molar-refractivity contribution in [1.82, 2.24) is 0 Å². The highest BCUT2D eigenvalue weighted by atomic mass is 16.6. The Hall–Kier alpha value is -1.59. The molecule has 0 saturated carbocycles. The van der Waals surface area contributed by atoms with E-state index >= 15 is 0 Å². The molecule has 0 amide bonds. The minimum absolute atomic E-state index is 0.0633. The lowest BCUT2D eigenvalue weighted by Gasteiger charge is -2.18. The van der Waals surface area contributed by atoms with Gasteiger partial charge in [-0.25, -0.2) is 0 Å². The number of ether oxygens (including phenoxy) is 3. The van der Waals surface area contributed by atoms with Crippen molar-refractivity contribution in [2.45, 2.75) is 258 Å². The van der Waals surface area contributed by atoms with Crippen LogP contribution in [0.2, 0.25) is 0 Å². The first kappa shape index (κ1) is 49.4. The topological polar surface area (TPSA) is 78.9 Å². The van der Waals surface area contributed by atoms with Gasteiger partial charge in [-0.1, -0.05) is 213 Å². The van der Waals surface area contributed by atoms with E-state index in [-0.39, 0.29) is 31.1 Å². The standard InChI is InChI=1S/C45H86O6/c1-4-7-10-13-16-18-20-21-22-23-25-27-30-33-36-39-45(48)51-42(40-49-43(46)37-34-31-28-15-12-9-6-3)41-50-44(47)38-35-32-29-26-24-19-17-14-11-8-5-2/h42H,4-41H2,1-3H3/t42-/m0/s1. The molecular weight excluding hydrogens is 636 g/mol. The molecule has 302 valence electrons. The number of hydrogen-bond acceptors (Lipinski definition) is 6. The maximum absolute atomic E-state index is 12.7. The van der Waals surface area contributed by atoms with Gasteiger partial charge in [-0.2, -0.15) is 0 Å². The van der Waals surface area contributed by atoms with Crippen molar-refractivity contribution in [3.05, 3.63) is 0 Å². The number of carbonyl (C=O) groups excluding carboxylic acids is 3. The van der Waals surface area contributed by atoms with E-state index < -0.39 is 6.10 Å². The Kier molecular flexibility index (Phi) is 39.9. The number of carbonyl (C=O) groups is 3. The van der Waals surface area contributed by atoms with E-state index in [0.717, 1.165) is 57.8 Å². The minimum Gasteiger partial charge on any atom is -0.462 e. The van der Waals surface area contributed by atoms with Crippen molar-refractivity contribution in [3.63, 3.8) is 0 Å². The maximum Gasteiger partial charge on any atom is 0.306 e. The summed E-state index contributed by atoms with van der Waals surface area (Å²) in [5, 5.41) is 0. The fourth-order valence-electron chi connectivity index (χ4n) is 6.68. The summed E-state index contributed by atoms with van der Waals surface area (Å²) in [4.78, 5) is 37.5. The van der Waals surface area contributed by atoms with Crippen LogP contribution in [0.4, 0.5) is 0 Å². The Balaban J connectivity index is 4.25. The van der Waals surface area contributed by atoms with Crippen molar-refractivity contribution >= 4 is 17.9 Å². The van der Waals surface area contributed by atoms with Gasteiger partial charge in [-0.3, -0.25) is 14.4 Å². The first-order chi connectivity index (χ1) is 25.0. The molecule has 0 aromatic heterocycles. The van der Waals surface area contributed by atoms with Crippen molar-refractivity contribution in [2.75, 3.05) is 13.2 Å². The second-order valence-corrected chi connectivity index (χ2v) is 15.3. The number of unbranched alkanes of at least 4 members (excludes halogenated alkanes) is 30. The van der Waals surface area contributed by atoms with E-state index in [1.807, 2.05) is 0 Å². The summed E-state index contributed by atoms with van der Waals surface area (Å²) in [5.74, 6) is -0.859. The summed E-state index contributed by atoms with van der Waals surface area (Å²) in [6.07, 6.45) is 40.9. The van der Waals surface area contributed by atoms with Gasteiger partial charge in [-0.05, 0) is 19.3 Å². The van der Waals surface area contributed by atoms with E-state index in [4.69, 9.17) is 14.2 Å². The van der Waals surface area contributed by atoms with Gasteiger partial charge in [0.1, 0.15) is 13.2 Å². The third-order valence-electron chi connectivity index (χ3n) is 10.1. The van der Waals surface area contributed by atoms with Gasteiger partial charge in [-0.15, -0.1) is 0 Å². The molecule has 0 heterocycles. The van der Waals surface area contributed by atoms with Gasteiger partial charge in [0.05, 0.1) is 0 Å². The minimum atomic E-state index is -0.756. The van der Waals surface area contributed by atoms with Crippen molar-refractivity contribution in [1.29, 1.82) is 0 Å². The zero-order chi connectivity index (χ0) is 37.3. The fraction of sp³-hybridized carbons (Fsp3) is 0.933. The predicted molar refractivity (Wildman–Crippen MR) is 215 cm³/mol. The van der Waals surface area contributed by atoms with Crippen LogP contribution in [-0.4, -0.2) is 37.2 Å². The van der Waals surface area contributed by atoms with E-state index in [2.05, 4.69) is 20.8 Å². The molecule has 0 saturated heterocycles. The molecule has 0 unspecified atom stereocenters. The Morgan fingerprint density at radius 1 is 0.314 bits per heavy atom. The summed E-state index contributed by atoms with van der Waals surface area (Å²) in [5.41, 5.74) is 0. The van der Waals surface area contributed by atoms with Crippen LogP contribution in [0.15, 0.2) is 0 Å². The molecule has 0 N–H and O–H groups in total. The fourth-order valence-corrected chi connectivity index (χ4v) is 6.68. The van der Waals surface area contributed by atoms with Gasteiger partial charge in [0.15, 0.2) is 6.10 Å². The molecule has 0 spiro atoms. The zero-order valence-corrected chi connectivity index (χ0v) is 34.4. The van der Waals surface area contributed by atoms with Crippen LogP contribution in [0, 0.1) is 0 Å². The second kappa shape index (κ2) is 41.2. The first-order valence-corrected chi connectivity index (χ1v) is 22.5. The van der Waals surface area contributed by atoms with Gasteiger partial charge < -0.3 is 14.2 Å². The quantitative estimate of drug-likeness (QED) is 0.0355. The molecule has 0 radical (unpaired) electrons. The lowest BCUT2D eigenvalue weighted by atomic mass is 10.0. The summed E-state index contributed by atoms with van der Waals surface area (Å²) < 4.78 is 16.6. The summed E-state index contributed by atoms with van der Waals surface area (Å²) >= 11 is 0. The van der Waals surface area contributed by atoms with Crippen LogP contribution >= 0.6 is 0 Å². The van der Waals surface area contributed by atoms with E-state index in [9.17, 15) is 14.4 Å². The number of esters is 3. The molecule has 0 aliphatic carbocycles. The first-order valence-electron chi connectivity index (χ1n) is 22.5. The van der Waals surface area contributed by atoms with E-state index in [1.54, 1.807) is 0 Å². The third kappa shape index (κ3) is 39.5. The Bertz CT molecular complexity index is 753. The third-order valence-corrected chi connectivity index (χ3v) is 10.1. The Labute approximate surface area is 317 Å². The molecule has 0 bridgehead atoms. The van der Waals surface area contributed by atoms with Gasteiger partial charge in [0, 0.05) is 19.3 Å². The smallest absolute Gasteiger partial charge is 0.306 e. The van der Waals surface area contributed by atoms with Crippen LogP contribution < -0.4 is 0 Å². The molecule has 0 aliphatic rings. The van der Waals surface area contributed by atoms with Crippen LogP contribution in [-0.2, 0) is 28.6 Å². The van der Waals surface area contributed by atoms with Crippen LogP contribution in [0.3, 0.4) is 0 Å². The summed E-state index contributed by atoms with van der Waals surface area (Å²) in [6, 6.07) is 0. The predicted octanol–water partition coefficient (Wildman–Crippen LogP) is 14.1. The second-order valence-electron chi connectivity index (χ2n) is 15.3. The molecule has 0 aliphatic heterocycles. The van der Waals surface area contributed by atoms with Crippen molar-refractivity contribution < 1.29 is 28.6 Å². The molecular formula is C45H86O6. The highest BCUT2D eigenvalue weighted by Gasteiger charge is 2.19. The SMILES string of the molecule is CCCCCCCCCCCCCCCCCC(=O)O[C@@H](COC(=O)CCCCCCCCC)COC(=O)CCCCCCCCCCCCC. The molecule has 6 heteroatoms. The van der Waals surface area contributed by atoms with Gasteiger partial charge >= 0.3 is 17.9 Å². The number of rotatable bonds is 41. The number of hydrogen-bond donors (Lipinski definition) is 0. The molecule has 0 fully saturated rings. The lowest BCUT2D eigenvalue weighted by Crippen LogP contribution is -2.30. The average Bonchev–Trinajstić information content (AvgIpc) is 3.12. The molecule has 0 aromatic rings. The van der Waals surface area contributed by atoms with Crippen molar-refractivity contribution in [3.8, 4) is 0 Å². The summed E-state index contributed by atoms with van der Waals surface area (Å²) in [7, 11) is 0. The zero-order valence-electron chi connectivity index (χ0n) is 34.4. The highest BCUT2D eigenvalue weighted by Crippen LogP contribution is 2.16. The van der Waals surface area contributed by atoms with Crippen molar-refractivity contribution in [2.24, 2.45) is 0 Å². The normalized spacial score (nSPS) is 11.8. The highest BCUT2D eigenvalue weighted by molar-refractivity contribution is 5.71. The molecule has 1 atom stereocenters. The Morgan fingerprint density at radius 3 is 0.784 bits per heavy atom. The largest absolute Gasteiger partial charge is 0.462 e.